The third-order valence-corrected chi connectivity index (χ3v) is 3.80. The Balaban J connectivity index is 1.84. The molecule has 28 heavy (non-hydrogen) atoms. The van der Waals surface area contributed by atoms with Gasteiger partial charge in [0.2, 0.25) is 11.5 Å². The van der Waals surface area contributed by atoms with Crippen LogP contribution in [0, 0.1) is 15.9 Å². The average Bonchev–Trinajstić information content (AvgIpc) is 3.06. The van der Waals surface area contributed by atoms with Crippen molar-refractivity contribution in [2.75, 3.05) is 6.61 Å². The maximum absolute atomic E-state index is 13.7. The van der Waals surface area contributed by atoms with Crippen LogP contribution in [0.3, 0.4) is 0 Å². The number of hydrogen-bond acceptors (Lipinski definition) is 7. The predicted molar refractivity (Wildman–Crippen MR) is 92.8 cm³/mol. The van der Waals surface area contributed by atoms with E-state index in [-0.39, 0.29) is 36.0 Å². The number of nitrogens with zero attached hydrogens (tertiary/aromatic N) is 4. The molecular formula is C17H15FN4O6. The first-order valence-corrected chi connectivity index (χ1v) is 8.14. The lowest BCUT2D eigenvalue weighted by atomic mass is 10.1. The third-order valence-electron chi connectivity index (χ3n) is 3.80. The first-order chi connectivity index (χ1) is 13.3. The molecule has 10 nitrogen and oxygen atoms in total. The Morgan fingerprint density at radius 3 is 2.93 bits per heavy atom. The Hall–Kier alpha value is -3.76. The molecule has 1 atom stereocenters. The fraction of sp³-hybridized carbons (Fsp3) is 0.235. The van der Waals surface area contributed by atoms with E-state index in [4.69, 9.17) is 14.6 Å². The van der Waals surface area contributed by atoms with Gasteiger partial charge in [-0.1, -0.05) is 0 Å². The predicted octanol–water partition coefficient (Wildman–Crippen LogP) is 2.77. The first kappa shape index (κ1) is 19.0. The number of aromatic nitrogens is 3. The molecular weight excluding hydrogens is 375 g/mol. The molecule has 0 aliphatic heterocycles. The Morgan fingerprint density at radius 1 is 1.43 bits per heavy atom. The van der Waals surface area contributed by atoms with E-state index >= 15 is 0 Å². The fourth-order valence-corrected chi connectivity index (χ4v) is 2.50. The molecule has 146 valence electrons. The molecule has 2 aromatic heterocycles. The molecule has 0 fully saturated rings. The summed E-state index contributed by atoms with van der Waals surface area (Å²) in [5.74, 6) is -1.20. The number of halogens is 1. The number of benzene rings is 1. The number of fused-ring (bicyclic) bond motifs is 1. The molecule has 1 N–H and O–H groups in total. The summed E-state index contributed by atoms with van der Waals surface area (Å²) in [6, 6.07) is 5.24. The molecule has 0 spiro atoms. The highest BCUT2D eigenvalue weighted by Crippen LogP contribution is 2.30. The summed E-state index contributed by atoms with van der Waals surface area (Å²) in [7, 11) is 0. The number of nitro groups is 1. The van der Waals surface area contributed by atoms with Crippen LogP contribution in [0.4, 0.5) is 10.1 Å². The molecule has 2 heterocycles. The monoisotopic (exact) mass is 390 g/mol. The van der Waals surface area contributed by atoms with Crippen molar-refractivity contribution in [1.29, 1.82) is 0 Å². The SMILES string of the molecule is C[C@@H](Oc1ccn2ncc([N+](=O)[O-])c2n1)c1cc(F)ccc1OCCC(=O)O. The fourth-order valence-electron chi connectivity index (χ4n) is 2.50. The van der Waals surface area contributed by atoms with Gasteiger partial charge in [0.15, 0.2) is 0 Å². The molecule has 0 aliphatic carbocycles. The van der Waals surface area contributed by atoms with Crippen LogP contribution in [0.25, 0.3) is 5.65 Å². The Morgan fingerprint density at radius 2 is 2.21 bits per heavy atom. The van der Waals surface area contributed by atoms with Crippen molar-refractivity contribution in [3.05, 3.63) is 58.2 Å². The summed E-state index contributed by atoms with van der Waals surface area (Å²) in [6.07, 6.45) is 1.59. The Bertz CT molecular complexity index is 1040. The maximum atomic E-state index is 13.7. The molecule has 0 aliphatic rings. The van der Waals surface area contributed by atoms with Crippen LogP contribution in [0.2, 0.25) is 0 Å². The van der Waals surface area contributed by atoms with Crippen LogP contribution in [0.15, 0.2) is 36.7 Å². The minimum Gasteiger partial charge on any atom is -0.493 e. The van der Waals surface area contributed by atoms with Crippen molar-refractivity contribution in [2.45, 2.75) is 19.4 Å². The number of carboxylic acid groups (broad SMARTS) is 1. The molecule has 0 amide bonds. The van der Waals surface area contributed by atoms with Gasteiger partial charge in [0.25, 0.3) is 0 Å². The summed E-state index contributed by atoms with van der Waals surface area (Å²) >= 11 is 0. The van der Waals surface area contributed by atoms with Gasteiger partial charge in [-0.05, 0) is 25.1 Å². The summed E-state index contributed by atoms with van der Waals surface area (Å²) in [5.41, 5.74) is 0.0727. The van der Waals surface area contributed by atoms with E-state index < -0.39 is 22.8 Å². The zero-order valence-corrected chi connectivity index (χ0v) is 14.6. The lowest BCUT2D eigenvalue weighted by Crippen LogP contribution is -2.10. The standard InChI is InChI=1S/C17H15FN4O6/c1-10(12-8-11(18)2-3-14(12)27-7-5-16(23)24)28-15-4-6-21-17(20-15)13(9-19-21)22(25)26/h2-4,6,8-10H,5,7H2,1H3,(H,23,24)/t10-/m1/s1. The molecule has 3 aromatic rings. The van der Waals surface area contributed by atoms with Crippen molar-refractivity contribution >= 4 is 17.3 Å². The Labute approximate surface area is 157 Å². The zero-order valence-electron chi connectivity index (χ0n) is 14.6. The van der Waals surface area contributed by atoms with Gasteiger partial charge in [0.1, 0.15) is 23.9 Å². The second kappa shape index (κ2) is 7.86. The van der Waals surface area contributed by atoms with Gasteiger partial charge in [-0.3, -0.25) is 14.9 Å². The second-order valence-corrected chi connectivity index (χ2v) is 5.76. The lowest BCUT2D eigenvalue weighted by molar-refractivity contribution is -0.383. The third kappa shape index (κ3) is 4.14. The van der Waals surface area contributed by atoms with Crippen LogP contribution in [0.5, 0.6) is 11.6 Å². The maximum Gasteiger partial charge on any atom is 0.333 e. The quantitative estimate of drug-likeness (QED) is 0.459. The first-order valence-electron chi connectivity index (χ1n) is 8.14. The number of ether oxygens (including phenoxy) is 2. The molecule has 0 saturated heterocycles. The topological polar surface area (TPSA) is 129 Å². The number of hydrogen-bond donors (Lipinski definition) is 1. The largest absolute Gasteiger partial charge is 0.493 e. The van der Waals surface area contributed by atoms with Crippen LogP contribution < -0.4 is 9.47 Å². The van der Waals surface area contributed by atoms with Gasteiger partial charge in [0, 0.05) is 17.8 Å². The van der Waals surface area contributed by atoms with Crippen molar-refractivity contribution in [3.8, 4) is 11.6 Å². The molecule has 0 saturated carbocycles. The summed E-state index contributed by atoms with van der Waals surface area (Å²) in [5, 5.41) is 23.6. The summed E-state index contributed by atoms with van der Waals surface area (Å²) < 4.78 is 26.0. The van der Waals surface area contributed by atoms with Crippen molar-refractivity contribution in [1.82, 2.24) is 14.6 Å². The number of carboxylic acids is 1. The van der Waals surface area contributed by atoms with Gasteiger partial charge in [-0.2, -0.15) is 10.1 Å². The van der Waals surface area contributed by atoms with E-state index in [1.165, 1.54) is 35.0 Å². The van der Waals surface area contributed by atoms with E-state index in [2.05, 4.69) is 10.1 Å². The van der Waals surface area contributed by atoms with E-state index in [0.717, 1.165) is 6.20 Å². The van der Waals surface area contributed by atoms with Gasteiger partial charge in [-0.15, -0.1) is 0 Å². The minimum atomic E-state index is -1.02. The van der Waals surface area contributed by atoms with E-state index in [1.807, 2.05) is 0 Å². The lowest BCUT2D eigenvalue weighted by Gasteiger charge is -2.18. The van der Waals surface area contributed by atoms with Crippen molar-refractivity contribution < 1.29 is 28.7 Å². The Kier molecular flexibility index (Phi) is 5.34. The zero-order chi connectivity index (χ0) is 20.3. The average molecular weight is 390 g/mol. The van der Waals surface area contributed by atoms with Crippen LogP contribution >= 0.6 is 0 Å². The number of aliphatic carboxylic acids is 1. The van der Waals surface area contributed by atoms with Gasteiger partial charge >= 0.3 is 11.7 Å². The van der Waals surface area contributed by atoms with Crippen LogP contribution in [-0.4, -0.2) is 37.2 Å². The van der Waals surface area contributed by atoms with E-state index in [0.29, 0.717) is 5.56 Å². The second-order valence-electron chi connectivity index (χ2n) is 5.76. The van der Waals surface area contributed by atoms with Crippen LogP contribution in [-0.2, 0) is 4.79 Å². The van der Waals surface area contributed by atoms with Gasteiger partial charge in [-0.25, -0.2) is 8.91 Å². The number of carbonyl (C=O) groups is 1. The highest BCUT2D eigenvalue weighted by atomic mass is 19.1. The van der Waals surface area contributed by atoms with Crippen molar-refractivity contribution in [3.63, 3.8) is 0 Å². The smallest absolute Gasteiger partial charge is 0.333 e. The normalized spacial score (nSPS) is 11.9. The van der Waals surface area contributed by atoms with Gasteiger partial charge < -0.3 is 14.6 Å². The molecule has 1 aromatic carbocycles. The summed E-state index contributed by atoms with van der Waals surface area (Å²) in [6.45, 7) is 1.53. The number of rotatable bonds is 8. The van der Waals surface area contributed by atoms with E-state index in [9.17, 15) is 19.3 Å². The van der Waals surface area contributed by atoms with E-state index in [1.54, 1.807) is 6.92 Å². The highest BCUT2D eigenvalue weighted by Gasteiger charge is 2.19. The van der Waals surface area contributed by atoms with Crippen LogP contribution in [0.1, 0.15) is 25.0 Å². The molecule has 3 rings (SSSR count). The minimum absolute atomic E-state index is 0.00636. The molecule has 0 radical (unpaired) electrons. The summed E-state index contributed by atoms with van der Waals surface area (Å²) in [4.78, 5) is 25.1. The molecule has 11 heteroatoms. The highest BCUT2D eigenvalue weighted by molar-refractivity contribution is 5.66. The molecule has 0 unspecified atom stereocenters. The van der Waals surface area contributed by atoms with Gasteiger partial charge in [0.05, 0.1) is 18.0 Å². The van der Waals surface area contributed by atoms with Crippen molar-refractivity contribution in [2.24, 2.45) is 0 Å². The molecule has 0 bridgehead atoms.